The molecule has 1 N–H and O–H groups in total. The van der Waals surface area contributed by atoms with Crippen LogP contribution in [0.15, 0.2) is 29.3 Å². The summed E-state index contributed by atoms with van der Waals surface area (Å²) in [5, 5.41) is 8.42. The van der Waals surface area contributed by atoms with Crippen molar-refractivity contribution in [3.8, 4) is 0 Å². The zero-order valence-corrected chi connectivity index (χ0v) is 17.9. The molecule has 0 saturated heterocycles. The summed E-state index contributed by atoms with van der Waals surface area (Å²) in [6.45, 7) is 3.78. The molecule has 1 aliphatic carbocycles. The van der Waals surface area contributed by atoms with Crippen LogP contribution in [0.2, 0.25) is 0 Å². The Morgan fingerprint density at radius 3 is 2.90 bits per heavy atom. The highest BCUT2D eigenvalue weighted by molar-refractivity contribution is 7.19. The average molecular weight is 422 g/mol. The van der Waals surface area contributed by atoms with E-state index in [1.54, 1.807) is 11.3 Å². The largest absolute Gasteiger partial charge is 0.352 e. The number of aromatic nitrogens is 4. The van der Waals surface area contributed by atoms with Crippen LogP contribution >= 0.6 is 11.3 Å². The van der Waals surface area contributed by atoms with Crippen molar-refractivity contribution in [2.45, 2.75) is 52.5 Å². The number of benzene rings is 1. The van der Waals surface area contributed by atoms with Crippen LogP contribution in [0.3, 0.4) is 0 Å². The SMILES string of the molecule is Cc1ccc(C)c(NC(=O)Cn2nc3c4c5c(sc4ncn3c2=O)CCCCC5)c1. The van der Waals surface area contributed by atoms with E-state index in [1.807, 2.05) is 32.0 Å². The van der Waals surface area contributed by atoms with Crippen molar-refractivity contribution in [1.29, 1.82) is 0 Å². The fourth-order valence-electron chi connectivity index (χ4n) is 4.15. The van der Waals surface area contributed by atoms with Crippen molar-refractivity contribution in [1.82, 2.24) is 19.2 Å². The molecule has 8 heteroatoms. The molecule has 7 nitrogen and oxygen atoms in total. The van der Waals surface area contributed by atoms with Crippen molar-refractivity contribution in [2.24, 2.45) is 0 Å². The molecule has 0 saturated carbocycles. The predicted molar refractivity (Wildman–Crippen MR) is 118 cm³/mol. The average Bonchev–Trinajstić information content (AvgIpc) is 3.12. The molecule has 5 rings (SSSR count). The summed E-state index contributed by atoms with van der Waals surface area (Å²) in [6.07, 6.45) is 7.14. The van der Waals surface area contributed by atoms with Gasteiger partial charge in [0, 0.05) is 10.6 Å². The maximum absolute atomic E-state index is 12.9. The molecular formula is C22H23N5O2S. The standard InChI is InChI=1S/C22H23N5O2S/c1-13-8-9-14(2)16(10-13)24-18(28)11-27-22(29)26-12-23-21-19(20(26)25-27)15-6-4-3-5-7-17(15)30-21/h8-10,12H,3-7,11H2,1-2H3,(H,24,28). The summed E-state index contributed by atoms with van der Waals surface area (Å²) < 4.78 is 2.70. The first-order valence-electron chi connectivity index (χ1n) is 10.3. The number of amides is 1. The van der Waals surface area contributed by atoms with Gasteiger partial charge in [-0.25, -0.2) is 18.9 Å². The number of anilines is 1. The molecule has 3 aromatic heterocycles. The third kappa shape index (κ3) is 3.21. The maximum Gasteiger partial charge on any atom is 0.352 e. The molecule has 4 aromatic rings. The number of nitrogens with zero attached hydrogens (tertiary/aromatic N) is 4. The predicted octanol–water partition coefficient (Wildman–Crippen LogP) is 3.63. The van der Waals surface area contributed by atoms with Gasteiger partial charge in [-0.1, -0.05) is 18.6 Å². The van der Waals surface area contributed by atoms with Crippen LogP contribution in [0.5, 0.6) is 0 Å². The van der Waals surface area contributed by atoms with E-state index < -0.39 is 0 Å². The van der Waals surface area contributed by atoms with Gasteiger partial charge in [0.15, 0.2) is 5.65 Å². The van der Waals surface area contributed by atoms with Gasteiger partial charge in [-0.3, -0.25) is 4.79 Å². The van der Waals surface area contributed by atoms with E-state index in [1.165, 1.54) is 38.7 Å². The fraction of sp³-hybridized carbons (Fsp3) is 0.364. The normalized spacial score (nSPS) is 14.1. The summed E-state index contributed by atoms with van der Waals surface area (Å²) in [7, 11) is 0. The summed E-state index contributed by atoms with van der Waals surface area (Å²) >= 11 is 1.71. The Morgan fingerprint density at radius 2 is 2.03 bits per heavy atom. The Morgan fingerprint density at radius 1 is 1.20 bits per heavy atom. The van der Waals surface area contributed by atoms with E-state index in [0.717, 1.165) is 46.3 Å². The molecule has 0 aliphatic heterocycles. The highest BCUT2D eigenvalue weighted by atomic mass is 32.1. The van der Waals surface area contributed by atoms with Crippen LogP contribution in [-0.2, 0) is 24.2 Å². The lowest BCUT2D eigenvalue weighted by molar-refractivity contribution is -0.117. The van der Waals surface area contributed by atoms with Crippen LogP contribution < -0.4 is 11.0 Å². The van der Waals surface area contributed by atoms with Gasteiger partial charge in [0.1, 0.15) is 17.7 Å². The molecule has 0 fully saturated rings. The second-order valence-corrected chi connectivity index (χ2v) is 9.07. The van der Waals surface area contributed by atoms with Gasteiger partial charge in [-0.2, -0.15) is 0 Å². The number of aryl methyl sites for hydroxylation is 4. The highest BCUT2D eigenvalue weighted by Gasteiger charge is 2.21. The third-order valence-corrected chi connectivity index (χ3v) is 6.95. The molecule has 0 atom stereocenters. The number of nitrogens with one attached hydrogen (secondary N) is 1. The lowest BCUT2D eigenvalue weighted by Gasteiger charge is -2.08. The fourth-order valence-corrected chi connectivity index (χ4v) is 5.38. The van der Waals surface area contributed by atoms with Crippen LogP contribution in [0.25, 0.3) is 15.9 Å². The first-order chi connectivity index (χ1) is 14.5. The molecule has 0 radical (unpaired) electrons. The van der Waals surface area contributed by atoms with Crippen molar-refractivity contribution in [3.05, 3.63) is 56.6 Å². The molecule has 0 unspecified atom stereocenters. The number of hydrogen-bond donors (Lipinski definition) is 1. The number of fused-ring (bicyclic) bond motifs is 5. The molecular weight excluding hydrogens is 398 g/mol. The van der Waals surface area contributed by atoms with E-state index in [9.17, 15) is 9.59 Å². The number of rotatable bonds is 3. The van der Waals surface area contributed by atoms with E-state index in [4.69, 9.17) is 0 Å². The minimum atomic E-state index is -0.343. The molecule has 1 amide bonds. The Balaban J connectivity index is 1.52. The van der Waals surface area contributed by atoms with Gasteiger partial charge in [-0.15, -0.1) is 16.4 Å². The van der Waals surface area contributed by atoms with E-state index in [0.29, 0.717) is 5.65 Å². The first kappa shape index (κ1) is 19.0. The van der Waals surface area contributed by atoms with Crippen molar-refractivity contribution in [3.63, 3.8) is 0 Å². The van der Waals surface area contributed by atoms with Gasteiger partial charge in [0.05, 0.1) is 5.39 Å². The number of hydrogen-bond acceptors (Lipinski definition) is 5. The van der Waals surface area contributed by atoms with Crippen LogP contribution in [0, 0.1) is 13.8 Å². The topological polar surface area (TPSA) is 81.3 Å². The van der Waals surface area contributed by atoms with Crippen molar-refractivity contribution >= 4 is 38.8 Å². The van der Waals surface area contributed by atoms with Gasteiger partial charge >= 0.3 is 5.69 Å². The van der Waals surface area contributed by atoms with E-state index in [2.05, 4.69) is 15.4 Å². The minimum absolute atomic E-state index is 0.137. The number of thiophene rings is 1. The zero-order valence-electron chi connectivity index (χ0n) is 17.1. The Labute approximate surface area is 177 Å². The summed E-state index contributed by atoms with van der Waals surface area (Å²) in [5.74, 6) is -0.275. The second kappa shape index (κ2) is 7.36. The Kier molecular flexibility index (Phi) is 4.66. The second-order valence-electron chi connectivity index (χ2n) is 7.99. The zero-order chi connectivity index (χ0) is 20.8. The molecule has 1 aliphatic rings. The van der Waals surface area contributed by atoms with Crippen LogP contribution in [-0.4, -0.2) is 25.1 Å². The number of carbonyl (C=O) groups is 1. The molecule has 154 valence electrons. The molecule has 1 aromatic carbocycles. The van der Waals surface area contributed by atoms with Gasteiger partial charge in [0.2, 0.25) is 5.91 Å². The Bertz CT molecular complexity index is 1350. The smallest absolute Gasteiger partial charge is 0.324 e. The molecule has 0 bridgehead atoms. The van der Waals surface area contributed by atoms with Gasteiger partial charge in [0.25, 0.3) is 0 Å². The van der Waals surface area contributed by atoms with Crippen LogP contribution in [0.1, 0.15) is 40.8 Å². The van der Waals surface area contributed by atoms with Crippen molar-refractivity contribution < 1.29 is 4.79 Å². The quantitative estimate of drug-likeness (QED) is 0.512. The highest BCUT2D eigenvalue weighted by Crippen LogP contribution is 2.35. The van der Waals surface area contributed by atoms with Crippen molar-refractivity contribution in [2.75, 3.05) is 5.32 Å². The van der Waals surface area contributed by atoms with Crippen LogP contribution in [0.4, 0.5) is 5.69 Å². The molecule has 0 spiro atoms. The molecule has 30 heavy (non-hydrogen) atoms. The lowest BCUT2D eigenvalue weighted by Crippen LogP contribution is -2.28. The van der Waals surface area contributed by atoms with E-state index in [-0.39, 0.29) is 18.1 Å². The van der Waals surface area contributed by atoms with Gasteiger partial charge in [-0.05, 0) is 62.3 Å². The Hall–Kier alpha value is -3.00. The number of carbonyl (C=O) groups excluding carboxylic acids is 1. The lowest BCUT2D eigenvalue weighted by atomic mass is 10.1. The molecule has 3 heterocycles. The third-order valence-electron chi connectivity index (χ3n) is 5.75. The monoisotopic (exact) mass is 421 g/mol. The van der Waals surface area contributed by atoms with Gasteiger partial charge < -0.3 is 5.32 Å². The van der Waals surface area contributed by atoms with E-state index >= 15 is 0 Å². The first-order valence-corrected chi connectivity index (χ1v) is 11.1. The minimum Gasteiger partial charge on any atom is -0.324 e. The summed E-state index contributed by atoms with van der Waals surface area (Å²) in [6, 6.07) is 5.89. The summed E-state index contributed by atoms with van der Waals surface area (Å²) in [5.41, 5.74) is 4.33. The summed E-state index contributed by atoms with van der Waals surface area (Å²) in [4.78, 5) is 32.3. The maximum atomic E-state index is 12.9.